The molecule has 0 saturated carbocycles. The first-order valence-electron chi connectivity index (χ1n) is 8.82. The molecule has 0 radical (unpaired) electrons. The number of rotatable bonds is 4. The van der Waals surface area contributed by atoms with Crippen LogP contribution in [0.25, 0.3) is 0 Å². The third-order valence-corrected chi connectivity index (χ3v) is 5.48. The standard InChI is InChI=1S/C18H21N5O3S/c24-13-2-1-12(16(25)9-13)10-19-22-18-20-15-3-8-27-11-14(15)17(21-18)23-4-6-26-7-5-23/h1-2,9-10,24-25H,3-8,11H2,(H,20,21,22)/b19-10+. The summed E-state index contributed by atoms with van der Waals surface area (Å²) in [6.07, 6.45) is 2.39. The number of aromatic hydroxyl groups is 2. The number of hydrogen-bond acceptors (Lipinski definition) is 9. The summed E-state index contributed by atoms with van der Waals surface area (Å²) in [7, 11) is 0. The minimum Gasteiger partial charge on any atom is -0.508 e. The van der Waals surface area contributed by atoms with Crippen LogP contribution >= 0.6 is 11.8 Å². The molecule has 0 unspecified atom stereocenters. The zero-order valence-corrected chi connectivity index (χ0v) is 15.6. The van der Waals surface area contributed by atoms with Gasteiger partial charge in [-0.15, -0.1) is 0 Å². The Labute approximate surface area is 161 Å². The zero-order chi connectivity index (χ0) is 18.6. The molecule has 142 valence electrons. The molecule has 2 aromatic rings. The summed E-state index contributed by atoms with van der Waals surface area (Å²) in [6.45, 7) is 3.04. The molecule has 1 aromatic carbocycles. The Morgan fingerprint density at radius 1 is 1.22 bits per heavy atom. The van der Waals surface area contributed by atoms with Crippen molar-refractivity contribution in [3.05, 3.63) is 35.0 Å². The van der Waals surface area contributed by atoms with Crippen LogP contribution in [0.2, 0.25) is 0 Å². The number of nitrogens with one attached hydrogen (secondary N) is 1. The van der Waals surface area contributed by atoms with E-state index >= 15 is 0 Å². The molecule has 27 heavy (non-hydrogen) atoms. The number of ether oxygens (including phenoxy) is 1. The van der Waals surface area contributed by atoms with E-state index in [2.05, 4.69) is 20.4 Å². The van der Waals surface area contributed by atoms with Gasteiger partial charge in [0, 0.05) is 36.0 Å². The largest absolute Gasteiger partial charge is 0.508 e. The fourth-order valence-electron chi connectivity index (χ4n) is 3.10. The van der Waals surface area contributed by atoms with Crippen LogP contribution in [0.15, 0.2) is 23.3 Å². The summed E-state index contributed by atoms with van der Waals surface area (Å²) in [5, 5.41) is 23.3. The number of benzene rings is 1. The van der Waals surface area contributed by atoms with Crippen LogP contribution in [-0.4, -0.2) is 58.5 Å². The third kappa shape index (κ3) is 4.09. The Balaban J connectivity index is 1.57. The van der Waals surface area contributed by atoms with Crippen LogP contribution < -0.4 is 10.3 Å². The fraction of sp³-hybridized carbons (Fsp3) is 0.389. The van der Waals surface area contributed by atoms with E-state index in [0.29, 0.717) is 24.7 Å². The van der Waals surface area contributed by atoms with E-state index in [9.17, 15) is 10.2 Å². The van der Waals surface area contributed by atoms with Gasteiger partial charge in [-0.05, 0) is 24.3 Å². The lowest BCUT2D eigenvalue weighted by molar-refractivity contribution is 0.122. The number of morpholine rings is 1. The van der Waals surface area contributed by atoms with Gasteiger partial charge in [0.25, 0.3) is 0 Å². The van der Waals surface area contributed by atoms with Gasteiger partial charge in [-0.25, -0.2) is 10.4 Å². The van der Waals surface area contributed by atoms with Gasteiger partial charge < -0.3 is 19.8 Å². The molecule has 0 bridgehead atoms. The molecule has 1 saturated heterocycles. The zero-order valence-electron chi connectivity index (χ0n) is 14.8. The number of aromatic nitrogens is 2. The number of fused-ring (bicyclic) bond motifs is 1. The molecule has 0 spiro atoms. The highest BCUT2D eigenvalue weighted by molar-refractivity contribution is 7.98. The highest BCUT2D eigenvalue weighted by Gasteiger charge is 2.23. The van der Waals surface area contributed by atoms with Crippen LogP contribution in [0.5, 0.6) is 11.5 Å². The number of anilines is 2. The van der Waals surface area contributed by atoms with Crippen molar-refractivity contribution in [1.82, 2.24) is 9.97 Å². The van der Waals surface area contributed by atoms with Crippen molar-refractivity contribution in [2.24, 2.45) is 5.10 Å². The Morgan fingerprint density at radius 2 is 2.07 bits per heavy atom. The van der Waals surface area contributed by atoms with Crippen LogP contribution in [0.4, 0.5) is 11.8 Å². The summed E-state index contributed by atoms with van der Waals surface area (Å²) >= 11 is 1.90. The molecule has 3 heterocycles. The fourth-order valence-corrected chi connectivity index (χ4v) is 4.08. The second-order valence-electron chi connectivity index (χ2n) is 6.31. The smallest absolute Gasteiger partial charge is 0.245 e. The van der Waals surface area contributed by atoms with Gasteiger partial charge in [-0.1, -0.05) is 0 Å². The summed E-state index contributed by atoms with van der Waals surface area (Å²) in [6, 6.07) is 4.34. The Kier molecular flexibility index (Phi) is 5.30. The summed E-state index contributed by atoms with van der Waals surface area (Å²) < 4.78 is 5.46. The highest BCUT2D eigenvalue weighted by Crippen LogP contribution is 2.32. The minimum absolute atomic E-state index is 0.00338. The number of aryl methyl sites for hydroxylation is 1. The molecule has 0 amide bonds. The molecule has 0 atom stereocenters. The van der Waals surface area contributed by atoms with E-state index in [-0.39, 0.29) is 11.5 Å². The molecule has 0 aliphatic carbocycles. The van der Waals surface area contributed by atoms with Gasteiger partial charge >= 0.3 is 0 Å². The molecular weight excluding hydrogens is 366 g/mol. The lowest BCUT2D eigenvalue weighted by Crippen LogP contribution is -2.38. The predicted molar refractivity (Wildman–Crippen MR) is 106 cm³/mol. The van der Waals surface area contributed by atoms with Crippen molar-refractivity contribution in [3.8, 4) is 11.5 Å². The minimum atomic E-state index is -0.0436. The molecule has 3 N–H and O–H groups in total. The average molecular weight is 387 g/mol. The maximum Gasteiger partial charge on any atom is 0.245 e. The maximum absolute atomic E-state index is 9.83. The van der Waals surface area contributed by atoms with Crippen molar-refractivity contribution >= 4 is 29.7 Å². The van der Waals surface area contributed by atoms with E-state index in [1.165, 1.54) is 23.9 Å². The Bertz CT molecular complexity index is 855. The molecule has 2 aliphatic rings. The molecule has 4 rings (SSSR count). The van der Waals surface area contributed by atoms with E-state index in [4.69, 9.17) is 9.72 Å². The molecule has 1 fully saturated rings. The van der Waals surface area contributed by atoms with Crippen molar-refractivity contribution in [2.45, 2.75) is 12.2 Å². The first-order chi connectivity index (χ1) is 13.2. The van der Waals surface area contributed by atoms with E-state index in [1.807, 2.05) is 11.8 Å². The SMILES string of the molecule is Oc1ccc(/C=N/Nc2nc3c(c(N4CCOCC4)n2)CSCC3)c(O)c1. The second kappa shape index (κ2) is 8.01. The molecule has 9 heteroatoms. The first-order valence-corrected chi connectivity index (χ1v) is 9.97. The van der Waals surface area contributed by atoms with Gasteiger partial charge in [0.2, 0.25) is 5.95 Å². The lowest BCUT2D eigenvalue weighted by atomic mass is 10.1. The van der Waals surface area contributed by atoms with Crippen LogP contribution in [0.1, 0.15) is 16.8 Å². The molecule has 1 aromatic heterocycles. The number of nitrogens with zero attached hydrogens (tertiary/aromatic N) is 4. The Morgan fingerprint density at radius 3 is 2.89 bits per heavy atom. The van der Waals surface area contributed by atoms with Gasteiger partial charge in [-0.3, -0.25) is 0 Å². The molecule has 2 aliphatic heterocycles. The van der Waals surface area contributed by atoms with Crippen LogP contribution in [0.3, 0.4) is 0 Å². The average Bonchev–Trinajstić information content (AvgIpc) is 2.70. The van der Waals surface area contributed by atoms with Gasteiger partial charge in [-0.2, -0.15) is 21.8 Å². The lowest BCUT2D eigenvalue weighted by Gasteiger charge is -2.31. The van der Waals surface area contributed by atoms with Gasteiger partial charge in [0.1, 0.15) is 17.3 Å². The number of phenols is 2. The Hall–Kier alpha value is -2.52. The van der Waals surface area contributed by atoms with Gasteiger partial charge in [0.15, 0.2) is 0 Å². The predicted octanol–water partition coefficient (Wildman–Crippen LogP) is 1.96. The molecular formula is C18H21N5O3S. The first kappa shape index (κ1) is 17.9. The summed E-state index contributed by atoms with van der Waals surface area (Å²) in [5.74, 6) is 3.34. The van der Waals surface area contributed by atoms with Crippen molar-refractivity contribution in [1.29, 1.82) is 0 Å². The third-order valence-electron chi connectivity index (χ3n) is 4.49. The number of thioether (sulfide) groups is 1. The quantitative estimate of drug-likeness (QED) is 0.540. The van der Waals surface area contributed by atoms with Crippen molar-refractivity contribution in [2.75, 3.05) is 42.4 Å². The number of hydrazone groups is 1. The van der Waals surface area contributed by atoms with E-state index in [1.54, 1.807) is 6.07 Å². The number of phenolic OH excluding ortho intramolecular Hbond substituents is 2. The van der Waals surface area contributed by atoms with Crippen LogP contribution in [-0.2, 0) is 16.9 Å². The topological polar surface area (TPSA) is 103 Å². The highest BCUT2D eigenvalue weighted by atomic mass is 32.2. The number of hydrogen-bond donors (Lipinski definition) is 3. The van der Waals surface area contributed by atoms with Crippen molar-refractivity contribution < 1.29 is 14.9 Å². The molecule has 8 nitrogen and oxygen atoms in total. The summed E-state index contributed by atoms with van der Waals surface area (Å²) in [5.41, 5.74) is 5.63. The van der Waals surface area contributed by atoms with Crippen molar-refractivity contribution in [3.63, 3.8) is 0 Å². The monoisotopic (exact) mass is 387 g/mol. The van der Waals surface area contributed by atoms with E-state index in [0.717, 1.165) is 42.5 Å². The second-order valence-corrected chi connectivity index (χ2v) is 7.42. The van der Waals surface area contributed by atoms with Gasteiger partial charge in [0.05, 0.1) is 25.1 Å². The maximum atomic E-state index is 9.83. The summed E-state index contributed by atoms with van der Waals surface area (Å²) in [4.78, 5) is 11.6. The van der Waals surface area contributed by atoms with E-state index < -0.39 is 0 Å². The normalized spacial score (nSPS) is 17.1. The van der Waals surface area contributed by atoms with Crippen LogP contribution in [0, 0.1) is 0 Å².